The SMILES string of the molecule is CCOC(=O)C(O)(c1ccccc1)C(O)(C(=O)OCC)c1ccccc1. The maximum atomic E-state index is 12.8. The van der Waals surface area contributed by atoms with Crippen LogP contribution in [-0.2, 0) is 30.3 Å². The van der Waals surface area contributed by atoms with Crippen LogP contribution >= 0.6 is 0 Å². The quantitative estimate of drug-likeness (QED) is 0.734. The van der Waals surface area contributed by atoms with Gasteiger partial charge in [-0.25, -0.2) is 9.59 Å². The second-order valence-electron chi connectivity index (χ2n) is 5.59. The predicted octanol–water partition coefficient (Wildman–Crippen LogP) is 1.89. The molecule has 0 aliphatic carbocycles. The molecule has 0 heterocycles. The van der Waals surface area contributed by atoms with Gasteiger partial charge in [-0.3, -0.25) is 0 Å². The molecule has 2 rings (SSSR count). The zero-order chi connectivity index (χ0) is 19.2. The Morgan fingerprint density at radius 2 is 1.04 bits per heavy atom. The summed E-state index contributed by atoms with van der Waals surface area (Å²) in [4.78, 5) is 25.5. The molecule has 138 valence electrons. The summed E-state index contributed by atoms with van der Waals surface area (Å²) in [5.74, 6) is -2.30. The van der Waals surface area contributed by atoms with Crippen molar-refractivity contribution in [1.82, 2.24) is 0 Å². The minimum absolute atomic E-state index is 0.0119. The van der Waals surface area contributed by atoms with E-state index in [4.69, 9.17) is 9.47 Å². The normalized spacial score (nSPS) is 15.4. The Labute approximate surface area is 152 Å². The summed E-state index contributed by atoms with van der Waals surface area (Å²) in [5, 5.41) is 22.9. The van der Waals surface area contributed by atoms with Crippen LogP contribution in [0.5, 0.6) is 0 Å². The van der Waals surface area contributed by atoms with Crippen molar-refractivity contribution in [3.8, 4) is 0 Å². The number of benzene rings is 2. The molecule has 6 nitrogen and oxygen atoms in total. The highest BCUT2D eigenvalue weighted by molar-refractivity contribution is 5.94. The molecule has 0 aliphatic rings. The van der Waals surface area contributed by atoms with Gasteiger partial charge in [-0.1, -0.05) is 60.7 Å². The second kappa shape index (κ2) is 8.12. The van der Waals surface area contributed by atoms with Gasteiger partial charge in [0.05, 0.1) is 13.2 Å². The molecule has 26 heavy (non-hydrogen) atoms. The minimum Gasteiger partial charge on any atom is -0.463 e. The lowest BCUT2D eigenvalue weighted by Gasteiger charge is -2.39. The van der Waals surface area contributed by atoms with Crippen molar-refractivity contribution in [2.45, 2.75) is 25.0 Å². The molecule has 0 amide bonds. The Kier molecular flexibility index (Phi) is 6.13. The zero-order valence-corrected chi connectivity index (χ0v) is 14.7. The molecule has 0 radical (unpaired) electrons. The number of carbonyl (C=O) groups is 2. The molecule has 0 saturated carbocycles. The lowest BCUT2D eigenvalue weighted by molar-refractivity contribution is -0.219. The molecule has 6 heteroatoms. The monoisotopic (exact) mass is 358 g/mol. The summed E-state index contributed by atoms with van der Waals surface area (Å²) < 4.78 is 10.0. The lowest BCUT2D eigenvalue weighted by atomic mass is 9.73. The fraction of sp³-hybridized carbons (Fsp3) is 0.300. The third-order valence-corrected chi connectivity index (χ3v) is 4.05. The number of esters is 2. The van der Waals surface area contributed by atoms with E-state index in [2.05, 4.69) is 0 Å². The Hall–Kier alpha value is -2.70. The summed E-state index contributed by atoms with van der Waals surface area (Å²) >= 11 is 0. The van der Waals surface area contributed by atoms with Crippen LogP contribution in [0.3, 0.4) is 0 Å². The van der Waals surface area contributed by atoms with E-state index in [1.807, 2.05) is 0 Å². The van der Waals surface area contributed by atoms with Gasteiger partial charge >= 0.3 is 11.9 Å². The van der Waals surface area contributed by atoms with Crippen LogP contribution < -0.4 is 0 Å². The lowest BCUT2D eigenvalue weighted by Crippen LogP contribution is -2.60. The van der Waals surface area contributed by atoms with Crippen LogP contribution in [0.1, 0.15) is 25.0 Å². The maximum absolute atomic E-state index is 12.8. The fourth-order valence-corrected chi connectivity index (χ4v) is 2.78. The second-order valence-corrected chi connectivity index (χ2v) is 5.59. The van der Waals surface area contributed by atoms with Crippen molar-refractivity contribution >= 4 is 11.9 Å². The first kappa shape index (κ1) is 19.6. The number of hydrogen-bond donors (Lipinski definition) is 2. The van der Waals surface area contributed by atoms with Crippen molar-refractivity contribution in [2.75, 3.05) is 13.2 Å². The van der Waals surface area contributed by atoms with Gasteiger partial charge in [0.15, 0.2) is 0 Å². The predicted molar refractivity (Wildman–Crippen MR) is 93.9 cm³/mol. The minimum atomic E-state index is -2.70. The molecule has 0 saturated heterocycles. The summed E-state index contributed by atoms with van der Waals surface area (Å²) in [7, 11) is 0. The van der Waals surface area contributed by atoms with Crippen LogP contribution in [0.25, 0.3) is 0 Å². The van der Waals surface area contributed by atoms with E-state index in [-0.39, 0.29) is 24.3 Å². The first-order valence-corrected chi connectivity index (χ1v) is 8.33. The van der Waals surface area contributed by atoms with Crippen molar-refractivity contribution in [3.05, 3.63) is 71.8 Å². The highest BCUT2D eigenvalue weighted by Crippen LogP contribution is 2.43. The van der Waals surface area contributed by atoms with Gasteiger partial charge in [-0.2, -0.15) is 0 Å². The van der Waals surface area contributed by atoms with Crippen LogP contribution in [0.4, 0.5) is 0 Å². The third-order valence-electron chi connectivity index (χ3n) is 4.05. The highest BCUT2D eigenvalue weighted by Gasteiger charge is 2.64. The van der Waals surface area contributed by atoms with Crippen LogP contribution in [0.15, 0.2) is 60.7 Å². The Balaban J connectivity index is 2.78. The summed E-state index contributed by atoms with van der Waals surface area (Å²) in [5.41, 5.74) is -5.37. The van der Waals surface area contributed by atoms with E-state index < -0.39 is 23.1 Å². The summed E-state index contributed by atoms with van der Waals surface area (Å²) in [6, 6.07) is 15.4. The van der Waals surface area contributed by atoms with Gasteiger partial charge in [0.1, 0.15) is 0 Å². The zero-order valence-electron chi connectivity index (χ0n) is 14.7. The number of ether oxygens (including phenoxy) is 2. The Morgan fingerprint density at radius 1 is 0.731 bits per heavy atom. The molecule has 2 unspecified atom stereocenters. The molecule has 0 bridgehead atoms. The Morgan fingerprint density at radius 3 is 1.31 bits per heavy atom. The van der Waals surface area contributed by atoms with Gasteiger partial charge < -0.3 is 19.7 Å². The molecule has 2 aromatic rings. The number of rotatable bonds is 7. The standard InChI is InChI=1S/C20H22O6/c1-3-25-17(21)19(23,15-11-7-5-8-12-15)20(24,18(22)26-4-2)16-13-9-6-10-14-16/h5-14,23-24H,3-4H2,1-2H3. The molecule has 2 atom stereocenters. The molecule has 0 fully saturated rings. The number of carbonyl (C=O) groups excluding carboxylic acids is 2. The molecule has 2 aromatic carbocycles. The third kappa shape index (κ3) is 3.21. The van der Waals surface area contributed by atoms with Gasteiger partial charge in [0.2, 0.25) is 11.2 Å². The molecular weight excluding hydrogens is 336 g/mol. The van der Waals surface area contributed by atoms with Crippen LogP contribution in [0.2, 0.25) is 0 Å². The van der Waals surface area contributed by atoms with Gasteiger partial charge in [-0.15, -0.1) is 0 Å². The largest absolute Gasteiger partial charge is 0.463 e. The topological polar surface area (TPSA) is 93.1 Å². The number of hydrogen-bond acceptors (Lipinski definition) is 6. The molecule has 2 N–H and O–H groups in total. The highest BCUT2D eigenvalue weighted by atomic mass is 16.6. The van der Waals surface area contributed by atoms with Crippen molar-refractivity contribution in [1.29, 1.82) is 0 Å². The van der Waals surface area contributed by atoms with Gasteiger partial charge in [0.25, 0.3) is 0 Å². The smallest absolute Gasteiger partial charge is 0.347 e. The van der Waals surface area contributed by atoms with E-state index in [1.165, 1.54) is 24.3 Å². The van der Waals surface area contributed by atoms with E-state index in [9.17, 15) is 19.8 Å². The molecule has 0 aromatic heterocycles. The fourth-order valence-electron chi connectivity index (χ4n) is 2.78. The number of aliphatic hydroxyl groups is 2. The van der Waals surface area contributed by atoms with Crippen molar-refractivity contribution in [3.63, 3.8) is 0 Å². The first-order chi connectivity index (χ1) is 12.4. The summed E-state index contributed by atoms with van der Waals surface area (Å²) in [6.07, 6.45) is 0. The maximum Gasteiger partial charge on any atom is 0.347 e. The Bertz CT molecular complexity index is 680. The average molecular weight is 358 g/mol. The van der Waals surface area contributed by atoms with E-state index in [0.29, 0.717) is 0 Å². The first-order valence-electron chi connectivity index (χ1n) is 8.33. The average Bonchev–Trinajstić information content (AvgIpc) is 2.68. The van der Waals surface area contributed by atoms with Crippen molar-refractivity contribution < 1.29 is 29.3 Å². The van der Waals surface area contributed by atoms with E-state index in [1.54, 1.807) is 50.2 Å². The molecule has 0 aliphatic heterocycles. The van der Waals surface area contributed by atoms with Gasteiger partial charge in [0, 0.05) is 0 Å². The van der Waals surface area contributed by atoms with Crippen LogP contribution in [0, 0.1) is 0 Å². The summed E-state index contributed by atoms with van der Waals surface area (Å²) in [6.45, 7) is 3.05. The molecule has 0 spiro atoms. The van der Waals surface area contributed by atoms with Crippen LogP contribution in [-0.4, -0.2) is 35.4 Å². The molecular formula is C20H22O6. The van der Waals surface area contributed by atoms with Gasteiger partial charge in [-0.05, 0) is 25.0 Å². The van der Waals surface area contributed by atoms with Crippen molar-refractivity contribution in [2.24, 2.45) is 0 Å². The van der Waals surface area contributed by atoms with E-state index >= 15 is 0 Å². The van der Waals surface area contributed by atoms with E-state index in [0.717, 1.165) is 0 Å².